The van der Waals surface area contributed by atoms with Gasteiger partial charge in [0, 0.05) is 6.04 Å². The first-order valence-electron chi connectivity index (χ1n) is 5.53. The van der Waals surface area contributed by atoms with Gasteiger partial charge in [-0.25, -0.2) is 0 Å². The normalized spacial score (nSPS) is 20.1. The van der Waals surface area contributed by atoms with Gasteiger partial charge in [-0.2, -0.15) is 0 Å². The number of aryl methyl sites for hydroxylation is 1. The monoisotopic (exact) mass is 205 g/mol. The molecule has 2 nitrogen and oxygen atoms in total. The largest absolute Gasteiger partial charge is 0.497 e. The predicted octanol–water partition coefficient (Wildman–Crippen LogP) is 2.11. The number of rotatable bonds is 2. The Kier molecular flexibility index (Phi) is 2.96. The van der Waals surface area contributed by atoms with E-state index < -0.39 is 0 Å². The molecule has 2 rings (SSSR count). The van der Waals surface area contributed by atoms with Crippen molar-refractivity contribution < 1.29 is 4.74 Å². The second-order valence-corrected chi connectivity index (χ2v) is 4.49. The van der Waals surface area contributed by atoms with Gasteiger partial charge >= 0.3 is 0 Å². The third kappa shape index (κ3) is 2.15. The lowest BCUT2D eigenvalue weighted by Crippen LogP contribution is -2.33. The fourth-order valence-electron chi connectivity index (χ4n) is 2.28. The molecule has 0 bridgehead atoms. The predicted molar refractivity (Wildman–Crippen MR) is 62.5 cm³/mol. The van der Waals surface area contributed by atoms with Crippen LogP contribution in [0.3, 0.4) is 0 Å². The van der Waals surface area contributed by atoms with Crippen molar-refractivity contribution in [2.24, 2.45) is 0 Å². The molecule has 1 aromatic rings. The molecule has 0 aromatic heterocycles. The average molecular weight is 205 g/mol. The number of ether oxygens (including phenoxy) is 1. The van der Waals surface area contributed by atoms with Crippen molar-refractivity contribution >= 4 is 0 Å². The first-order chi connectivity index (χ1) is 7.20. The minimum Gasteiger partial charge on any atom is -0.497 e. The zero-order valence-corrected chi connectivity index (χ0v) is 9.79. The van der Waals surface area contributed by atoms with Crippen LogP contribution in [0.1, 0.15) is 17.5 Å². The number of fused-ring (bicyclic) bond motifs is 1. The first kappa shape index (κ1) is 10.5. The van der Waals surface area contributed by atoms with Crippen LogP contribution in [0.25, 0.3) is 0 Å². The Bertz CT molecular complexity index is 346. The minimum absolute atomic E-state index is 0.685. The summed E-state index contributed by atoms with van der Waals surface area (Å²) in [5.74, 6) is 0.980. The molecule has 1 aromatic carbocycles. The summed E-state index contributed by atoms with van der Waals surface area (Å²) in [6, 6.07) is 7.14. The van der Waals surface area contributed by atoms with Gasteiger partial charge in [-0.05, 0) is 56.6 Å². The van der Waals surface area contributed by atoms with Crippen molar-refractivity contribution in [2.45, 2.75) is 25.3 Å². The Hall–Kier alpha value is -1.02. The van der Waals surface area contributed by atoms with Gasteiger partial charge in [0.2, 0.25) is 0 Å². The molecule has 0 saturated carbocycles. The van der Waals surface area contributed by atoms with Crippen LogP contribution in [0.15, 0.2) is 18.2 Å². The molecule has 82 valence electrons. The molecule has 0 amide bonds. The van der Waals surface area contributed by atoms with Crippen molar-refractivity contribution in [3.05, 3.63) is 29.3 Å². The van der Waals surface area contributed by atoms with E-state index in [0.717, 1.165) is 12.2 Å². The van der Waals surface area contributed by atoms with Crippen LogP contribution in [0.4, 0.5) is 0 Å². The van der Waals surface area contributed by atoms with E-state index in [4.69, 9.17) is 4.74 Å². The number of benzene rings is 1. The van der Waals surface area contributed by atoms with Gasteiger partial charge in [0.05, 0.1) is 7.11 Å². The number of methoxy groups -OCH3 is 1. The van der Waals surface area contributed by atoms with E-state index in [1.807, 2.05) is 0 Å². The zero-order valence-electron chi connectivity index (χ0n) is 9.79. The van der Waals surface area contributed by atoms with Crippen LogP contribution in [0.5, 0.6) is 5.75 Å². The van der Waals surface area contributed by atoms with Crippen molar-refractivity contribution in [3.8, 4) is 5.75 Å². The number of hydrogen-bond donors (Lipinski definition) is 0. The lowest BCUT2D eigenvalue weighted by Gasteiger charge is -2.30. The molecule has 0 unspecified atom stereocenters. The Labute approximate surface area is 91.9 Å². The molecule has 1 atom stereocenters. The lowest BCUT2D eigenvalue weighted by molar-refractivity contribution is 0.267. The second kappa shape index (κ2) is 4.23. The van der Waals surface area contributed by atoms with Crippen LogP contribution < -0.4 is 4.74 Å². The molecule has 0 saturated heterocycles. The molecule has 2 heteroatoms. The topological polar surface area (TPSA) is 12.5 Å². The van der Waals surface area contributed by atoms with Gasteiger partial charge in [0.1, 0.15) is 5.75 Å². The molecular weight excluding hydrogens is 186 g/mol. The van der Waals surface area contributed by atoms with Crippen LogP contribution in [-0.2, 0) is 12.8 Å². The van der Waals surface area contributed by atoms with Crippen molar-refractivity contribution in [3.63, 3.8) is 0 Å². The maximum atomic E-state index is 5.26. The first-order valence-corrected chi connectivity index (χ1v) is 5.53. The molecule has 1 aliphatic rings. The highest BCUT2D eigenvalue weighted by Crippen LogP contribution is 2.26. The zero-order chi connectivity index (χ0) is 10.8. The maximum absolute atomic E-state index is 5.26. The van der Waals surface area contributed by atoms with Crippen molar-refractivity contribution in [2.75, 3.05) is 21.2 Å². The van der Waals surface area contributed by atoms with Gasteiger partial charge in [0.25, 0.3) is 0 Å². The van der Waals surface area contributed by atoms with E-state index in [1.165, 1.54) is 24.0 Å². The minimum atomic E-state index is 0.685. The molecule has 0 heterocycles. The summed E-state index contributed by atoms with van der Waals surface area (Å²) in [5, 5.41) is 0. The third-order valence-electron chi connectivity index (χ3n) is 3.35. The summed E-state index contributed by atoms with van der Waals surface area (Å²) in [7, 11) is 6.06. The molecule has 0 spiro atoms. The van der Waals surface area contributed by atoms with Gasteiger partial charge in [-0.1, -0.05) is 6.07 Å². The highest BCUT2D eigenvalue weighted by molar-refractivity contribution is 5.37. The molecule has 0 N–H and O–H groups in total. The Morgan fingerprint density at radius 1 is 1.27 bits per heavy atom. The fourth-order valence-corrected chi connectivity index (χ4v) is 2.28. The fraction of sp³-hybridized carbons (Fsp3) is 0.538. The summed E-state index contributed by atoms with van der Waals surface area (Å²) >= 11 is 0. The highest BCUT2D eigenvalue weighted by Gasteiger charge is 2.20. The van der Waals surface area contributed by atoms with Gasteiger partial charge in [-0.15, -0.1) is 0 Å². The maximum Gasteiger partial charge on any atom is 0.119 e. The second-order valence-electron chi connectivity index (χ2n) is 4.49. The SMILES string of the molecule is COc1ccc2c(c1)C[C@H](N(C)C)CC2. The highest BCUT2D eigenvalue weighted by atomic mass is 16.5. The molecule has 0 fully saturated rings. The van der Waals surface area contributed by atoms with E-state index in [0.29, 0.717) is 6.04 Å². The van der Waals surface area contributed by atoms with Crippen molar-refractivity contribution in [1.29, 1.82) is 0 Å². The molecule has 1 aliphatic carbocycles. The summed E-state index contributed by atoms with van der Waals surface area (Å²) in [6.07, 6.45) is 3.62. The Morgan fingerprint density at radius 2 is 2.07 bits per heavy atom. The van der Waals surface area contributed by atoms with Crippen LogP contribution in [0.2, 0.25) is 0 Å². The van der Waals surface area contributed by atoms with Crippen LogP contribution >= 0.6 is 0 Å². The van der Waals surface area contributed by atoms with Gasteiger partial charge < -0.3 is 9.64 Å². The number of likely N-dealkylation sites (N-methyl/N-ethyl adjacent to an activating group) is 1. The van der Waals surface area contributed by atoms with E-state index in [1.54, 1.807) is 7.11 Å². The molecule has 0 radical (unpaired) electrons. The smallest absolute Gasteiger partial charge is 0.119 e. The molecule has 15 heavy (non-hydrogen) atoms. The average Bonchev–Trinajstić information content (AvgIpc) is 2.27. The van der Waals surface area contributed by atoms with E-state index in [-0.39, 0.29) is 0 Å². The van der Waals surface area contributed by atoms with Gasteiger partial charge in [-0.3, -0.25) is 0 Å². The summed E-state index contributed by atoms with van der Waals surface area (Å²) < 4.78 is 5.26. The van der Waals surface area contributed by atoms with Crippen LogP contribution in [0, 0.1) is 0 Å². The van der Waals surface area contributed by atoms with E-state index in [9.17, 15) is 0 Å². The van der Waals surface area contributed by atoms with Crippen molar-refractivity contribution in [1.82, 2.24) is 4.90 Å². The molecular formula is C13H19NO. The summed E-state index contributed by atoms with van der Waals surface area (Å²) in [6.45, 7) is 0. The lowest BCUT2D eigenvalue weighted by atomic mass is 9.87. The number of nitrogens with zero attached hydrogens (tertiary/aromatic N) is 1. The third-order valence-corrected chi connectivity index (χ3v) is 3.35. The standard InChI is InChI=1S/C13H19NO/c1-14(2)12-6-4-10-5-7-13(15-3)9-11(10)8-12/h5,7,9,12H,4,6,8H2,1-3H3/t12-/m1/s1. The van der Waals surface area contributed by atoms with Gasteiger partial charge in [0.15, 0.2) is 0 Å². The molecule has 0 aliphatic heterocycles. The summed E-state index contributed by atoms with van der Waals surface area (Å²) in [4.78, 5) is 2.32. The van der Waals surface area contributed by atoms with E-state index >= 15 is 0 Å². The number of hydrogen-bond acceptors (Lipinski definition) is 2. The van der Waals surface area contributed by atoms with Crippen LogP contribution in [-0.4, -0.2) is 32.1 Å². The van der Waals surface area contributed by atoms with E-state index in [2.05, 4.69) is 37.2 Å². The Morgan fingerprint density at radius 3 is 2.73 bits per heavy atom. The quantitative estimate of drug-likeness (QED) is 0.733. The summed E-state index contributed by atoms with van der Waals surface area (Å²) in [5.41, 5.74) is 2.95. The Balaban J connectivity index is 2.23.